The third-order valence-electron chi connectivity index (χ3n) is 5.92. The Morgan fingerprint density at radius 2 is 1.65 bits per heavy atom. The van der Waals surface area contributed by atoms with Crippen molar-refractivity contribution in [3.05, 3.63) is 48.0 Å². The molecular weight excluding hydrogens is 492 g/mol. The highest BCUT2D eigenvalue weighted by Crippen LogP contribution is 2.27. The summed E-state index contributed by atoms with van der Waals surface area (Å²) < 4.78 is 27.3. The molecule has 0 unspecified atom stereocenters. The third-order valence-corrected chi connectivity index (χ3v) is 7.88. The van der Waals surface area contributed by atoms with Gasteiger partial charge in [0.15, 0.2) is 0 Å². The number of carbonyl (C=O) groups is 3. The summed E-state index contributed by atoms with van der Waals surface area (Å²) in [7, 11) is -3.70. The lowest BCUT2D eigenvalue weighted by Crippen LogP contribution is -2.53. The normalized spacial score (nSPS) is 15.6. The first kappa shape index (κ1) is 28.6. The maximum Gasteiger partial charge on any atom is 0.238 e. The van der Waals surface area contributed by atoms with Gasteiger partial charge in [-0.15, -0.1) is 0 Å². The van der Waals surface area contributed by atoms with Gasteiger partial charge in [-0.3, -0.25) is 14.4 Å². The molecule has 1 fully saturated rings. The first-order valence-corrected chi connectivity index (χ1v) is 14.2. The molecule has 2 aromatic rings. The van der Waals surface area contributed by atoms with E-state index < -0.39 is 44.7 Å². The maximum atomic E-state index is 12.9. The monoisotopic (exact) mass is 530 g/mol. The molecule has 0 heterocycles. The third kappa shape index (κ3) is 9.44. The van der Waals surface area contributed by atoms with Gasteiger partial charge in [-0.1, -0.05) is 42.5 Å². The average molecular weight is 531 g/mol. The molecule has 10 heteroatoms. The number of rotatable bonds is 12. The van der Waals surface area contributed by atoms with Crippen molar-refractivity contribution in [3.63, 3.8) is 0 Å². The number of fused-ring (bicyclic) bond motifs is 1. The van der Waals surface area contributed by atoms with Crippen LogP contribution in [-0.4, -0.2) is 55.6 Å². The number of carbonyl (C=O) groups excluding carboxylic acids is 3. The Labute approximate surface area is 219 Å². The summed E-state index contributed by atoms with van der Waals surface area (Å²) in [6.45, 7) is 7.52. The molecule has 0 aromatic heterocycles. The summed E-state index contributed by atoms with van der Waals surface area (Å²) in [4.78, 5) is 37.8. The second-order valence-electron chi connectivity index (χ2n) is 10.8. The second kappa shape index (κ2) is 12.0. The van der Waals surface area contributed by atoms with E-state index in [0.717, 1.165) is 16.3 Å². The predicted molar refractivity (Wildman–Crippen MR) is 144 cm³/mol. The first-order valence-electron chi connectivity index (χ1n) is 12.7. The van der Waals surface area contributed by atoms with Crippen LogP contribution < -0.4 is 20.7 Å². The summed E-state index contributed by atoms with van der Waals surface area (Å²) in [6.07, 6.45) is 1.44. The number of hydrogen-bond acceptors (Lipinski definition) is 5. The smallest absolute Gasteiger partial charge is 0.238 e. The molecule has 1 saturated carbocycles. The van der Waals surface area contributed by atoms with Gasteiger partial charge in [0.1, 0.15) is 6.04 Å². The number of amides is 3. The van der Waals surface area contributed by atoms with Gasteiger partial charge in [0.25, 0.3) is 0 Å². The average Bonchev–Trinajstić information content (AvgIpc) is 3.63. The fourth-order valence-electron chi connectivity index (χ4n) is 4.00. The lowest BCUT2D eigenvalue weighted by Gasteiger charge is -2.24. The molecule has 0 radical (unpaired) electrons. The molecule has 0 saturated heterocycles. The zero-order valence-electron chi connectivity index (χ0n) is 22.0. The fraction of sp³-hybridized carbons (Fsp3) is 0.519. The standard InChI is InChI=1S/C27H38N4O5S/c1-18(15-24(32)28-14-13-19-9-10-20-7-5-6-8-21(20)16-19)29-26(34)23(17-25(33)30-27(2,3)4)31-37(35,36)22-11-12-22/h5-10,16,18,22-23,31H,11-15,17H2,1-4H3,(H,28,32)(H,29,34)(H,30,33)/t18-,23-/m0/s1. The van der Waals surface area contributed by atoms with Gasteiger partial charge in [-0.05, 0) is 63.3 Å². The van der Waals surface area contributed by atoms with Crippen molar-refractivity contribution in [1.29, 1.82) is 0 Å². The van der Waals surface area contributed by atoms with Crippen LogP contribution in [0.1, 0.15) is 58.9 Å². The van der Waals surface area contributed by atoms with E-state index in [0.29, 0.717) is 25.8 Å². The molecule has 1 aliphatic rings. The van der Waals surface area contributed by atoms with E-state index in [2.05, 4.69) is 38.9 Å². The molecular formula is C27H38N4O5S. The number of hydrogen-bond donors (Lipinski definition) is 4. The molecule has 3 rings (SSSR count). The van der Waals surface area contributed by atoms with Crippen LogP contribution in [0.3, 0.4) is 0 Å². The number of benzene rings is 2. The largest absolute Gasteiger partial charge is 0.356 e. The Morgan fingerprint density at radius 1 is 0.973 bits per heavy atom. The van der Waals surface area contributed by atoms with E-state index in [9.17, 15) is 22.8 Å². The van der Waals surface area contributed by atoms with Gasteiger partial charge in [0, 0.05) is 24.5 Å². The lowest BCUT2D eigenvalue weighted by molar-refractivity contribution is -0.129. The molecule has 37 heavy (non-hydrogen) atoms. The van der Waals surface area contributed by atoms with Crippen molar-refractivity contribution in [2.75, 3.05) is 6.54 Å². The maximum absolute atomic E-state index is 12.9. The van der Waals surface area contributed by atoms with Gasteiger partial charge >= 0.3 is 0 Å². The van der Waals surface area contributed by atoms with Crippen LogP contribution in [-0.2, 0) is 30.8 Å². The molecule has 0 aliphatic heterocycles. The van der Waals surface area contributed by atoms with Crippen LogP contribution in [0, 0.1) is 0 Å². The molecule has 1 aliphatic carbocycles. The molecule has 0 bridgehead atoms. The fourth-order valence-corrected chi connectivity index (χ4v) is 5.54. The van der Waals surface area contributed by atoms with Gasteiger partial charge in [-0.25, -0.2) is 13.1 Å². The lowest BCUT2D eigenvalue weighted by atomic mass is 10.1. The summed E-state index contributed by atoms with van der Waals surface area (Å²) in [5.41, 5.74) is 0.589. The summed E-state index contributed by atoms with van der Waals surface area (Å²) in [5, 5.41) is 10.1. The Hall–Kier alpha value is -2.98. The number of sulfonamides is 1. The molecule has 202 valence electrons. The van der Waals surface area contributed by atoms with Crippen LogP contribution in [0.4, 0.5) is 0 Å². The summed E-state index contributed by atoms with van der Waals surface area (Å²) in [6, 6.07) is 12.5. The Kier molecular flexibility index (Phi) is 9.31. The number of nitrogens with one attached hydrogen (secondary N) is 4. The van der Waals surface area contributed by atoms with Gasteiger partial charge in [0.05, 0.1) is 11.7 Å². The van der Waals surface area contributed by atoms with E-state index in [1.165, 1.54) is 0 Å². The molecule has 2 aromatic carbocycles. The van der Waals surface area contributed by atoms with Crippen molar-refractivity contribution >= 4 is 38.5 Å². The first-order chi connectivity index (χ1) is 17.3. The summed E-state index contributed by atoms with van der Waals surface area (Å²) in [5.74, 6) is -1.30. The molecule has 9 nitrogen and oxygen atoms in total. The van der Waals surface area contributed by atoms with Crippen molar-refractivity contribution in [2.24, 2.45) is 0 Å². The van der Waals surface area contributed by atoms with Gasteiger partial charge in [0.2, 0.25) is 27.7 Å². The predicted octanol–water partition coefficient (Wildman–Crippen LogP) is 2.15. The molecule has 0 spiro atoms. The SMILES string of the molecule is C[C@@H](CC(=O)NCCc1ccc2ccccc2c1)NC(=O)[C@H](CC(=O)NC(C)(C)C)NS(=O)(=O)C1CC1. The van der Waals surface area contributed by atoms with Gasteiger partial charge < -0.3 is 16.0 Å². The van der Waals surface area contributed by atoms with Gasteiger partial charge in [-0.2, -0.15) is 0 Å². The van der Waals surface area contributed by atoms with Crippen LogP contribution in [0.25, 0.3) is 10.8 Å². The Morgan fingerprint density at radius 3 is 2.30 bits per heavy atom. The summed E-state index contributed by atoms with van der Waals surface area (Å²) >= 11 is 0. The van der Waals surface area contributed by atoms with Crippen molar-refractivity contribution < 1.29 is 22.8 Å². The van der Waals surface area contributed by atoms with Crippen LogP contribution >= 0.6 is 0 Å². The highest BCUT2D eigenvalue weighted by Gasteiger charge is 2.39. The highest BCUT2D eigenvalue weighted by molar-refractivity contribution is 7.90. The van der Waals surface area contributed by atoms with E-state index in [1.807, 2.05) is 24.3 Å². The molecule has 2 atom stereocenters. The van der Waals surface area contributed by atoms with E-state index in [4.69, 9.17) is 0 Å². The van der Waals surface area contributed by atoms with E-state index in [-0.39, 0.29) is 18.7 Å². The minimum Gasteiger partial charge on any atom is -0.356 e. The topological polar surface area (TPSA) is 133 Å². The second-order valence-corrected chi connectivity index (χ2v) is 12.8. The van der Waals surface area contributed by atoms with Crippen molar-refractivity contribution in [3.8, 4) is 0 Å². The quantitative estimate of drug-likeness (QED) is 0.334. The van der Waals surface area contributed by atoms with Crippen LogP contribution in [0.15, 0.2) is 42.5 Å². The minimum absolute atomic E-state index is 0.0275. The van der Waals surface area contributed by atoms with Crippen molar-refractivity contribution in [1.82, 2.24) is 20.7 Å². The van der Waals surface area contributed by atoms with Crippen LogP contribution in [0.5, 0.6) is 0 Å². The molecule has 3 amide bonds. The Bertz CT molecular complexity index is 1230. The Balaban J connectivity index is 1.50. The van der Waals surface area contributed by atoms with Crippen molar-refractivity contribution in [2.45, 2.75) is 82.7 Å². The zero-order chi connectivity index (χ0) is 27.2. The molecule has 4 N–H and O–H groups in total. The minimum atomic E-state index is -3.70. The highest BCUT2D eigenvalue weighted by atomic mass is 32.2. The van der Waals surface area contributed by atoms with Crippen LogP contribution in [0.2, 0.25) is 0 Å². The zero-order valence-corrected chi connectivity index (χ0v) is 22.8. The van der Waals surface area contributed by atoms with E-state index >= 15 is 0 Å². The van der Waals surface area contributed by atoms with E-state index in [1.54, 1.807) is 27.7 Å².